The molecule has 0 aliphatic carbocycles. The van der Waals surface area contributed by atoms with Gasteiger partial charge in [-0.25, -0.2) is 0 Å². The van der Waals surface area contributed by atoms with Crippen molar-refractivity contribution < 1.29 is 9.90 Å². The van der Waals surface area contributed by atoms with Gasteiger partial charge in [0.25, 0.3) is 0 Å². The molecular weight excluding hydrogens is 216 g/mol. The van der Waals surface area contributed by atoms with Crippen molar-refractivity contribution in [1.82, 2.24) is 10.2 Å². The van der Waals surface area contributed by atoms with Crippen molar-refractivity contribution in [3.8, 4) is 0 Å². The maximum atomic E-state index is 11.8. The van der Waals surface area contributed by atoms with Gasteiger partial charge >= 0.3 is 0 Å². The highest BCUT2D eigenvalue weighted by Gasteiger charge is 2.52. The van der Waals surface area contributed by atoms with Crippen molar-refractivity contribution in [2.45, 2.75) is 18.0 Å². The SMILES string of the molecule is O=C1CNC[C@H]2[C@@H](c3ccccc3)[C@@H](CO)N12. The van der Waals surface area contributed by atoms with Gasteiger partial charge in [0.05, 0.1) is 25.2 Å². The number of nitrogens with one attached hydrogen (secondary N) is 1. The van der Waals surface area contributed by atoms with E-state index in [4.69, 9.17) is 0 Å². The van der Waals surface area contributed by atoms with E-state index in [-0.39, 0.29) is 30.5 Å². The summed E-state index contributed by atoms with van der Waals surface area (Å²) in [6.07, 6.45) is 0. The Labute approximate surface area is 100 Å². The van der Waals surface area contributed by atoms with Crippen molar-refractivity contribution in [3.63, 3.8) is 0 Å². The highest BCUT2D eigenvalue weighted by Crippen LogP contribution is 2.41. The maximum Gasteiger partial charge on any atom is 0.237 e. The van der Waals surface area contributed by atoms with E-state index >= 15 is 0 Å². The van der Waals surface area contributed by atoms with Gasteiger partial charge < -0.3 is 15.3 Å². The standard InChI is InChI=1S/C13H16N2O2/c16-8-11-13(9-4-2-1-3-5-9)10-6-14-7-12(17)15(10)11/h1-5,10-11,13-14,16H,6-8H2/t10-,11+,13+/m0/s1. The lowest BCUT2D eigenvalue weighted by molar-refractivity contribution is -0.153. The molecule has 0 unspecified atom stereocenters. The molecule has 90 valence electrons. The van der Waals surface area contributed by atoms with Crippen LogP contribution in [0.5, 0.6) is 0 Å². The van der Waals surface area contributed by atoms with E-state index in [2.05, 4.69) is 17.4 Å². The summed E-state index contributed by atoms with van der Waals surface area (Å²) in [7, 11) is 0. The Morgan fingerprint density at radius 1 is 1.35 bits per heavy atom. The molecule has 1 aromatic carbocycles. The van der Waals surface area contributed by atoms with Crippen LogP contribution in [-0.4, -0.2) is 47.7 Å². The van der Waals surface area contributed by atoms with Crippen LogP contribution in [0.1, 0.15) is 11.5 Å². The number of hydrogen-bond acceptors (Lipinski definition) is 3. The molecule has 1 amide bonds. The molecule has 4 heteroatoms. The third-order valence-corrected chi connectivity index (χ3v) is 3.83. The third kappa shape index (κ3) is 1.56. The minimum atomic E-state index is -0.0444. The maximum absolute atomic E-state index is 11.8. The van der Waals surface area contributed by atoms with E-state index in [1.807, 2.05) is 23.1 Å². The summed E-state index contributed by atoms with van der Waals surface area (Å²) in [4.78, 5) is 13.6. The smallest absolute Gasteiger partial charge is 0.237 e. The first-order chi connectivity index (χ1) is 8.33. The Balaban J connectivity index is 1.88. The number of benzene rings is 1. The van der Waals surface area contributed by atoms with E-state index in [1.165, 1.54) is 5.56 Å². The van der Waals surface area contributed by atoms with E-state index in [0.29, 0.717) is 6.54 Å². The fraction of sp³-hybridized carbons (Fsp3) is 0.462. The quantitative estimate of drug-likeness (QED) is 0.751. The lowest BCUT2D eigenvalue weighted by Crippen LogP contribution is -2.72. The van der Waals surface area contributed by atoms with Gasteiger partial charge in [0, 0.05) is 12.5 Å². The van der Waals surface area contributed by atoms with Gasteiger partial charge in [-0.2, -0.15) is 0 Å². The number of carbonyl (C=O) groups is 1. The first-order valence-electron chi connectivity index (χ1n) is 6.00. The number of nitrogens with zero attached hydrogens (tertiary/aromatic N) is 1. The molecule has 0 bridgehead atoms. The number of amides is 1. The van der Waals surface area contributed by atoms with Crippen molar-refractivity contribution in [3.05, 3.63) is 35.9 Å². The van der Waals surface area contributed by atoms with Crippen LogP contribution in [0.4, 0.5) is 0 Å². The zero-order chi connectivity index (χ0) is 11.8. The minimum absolute atomic E-state index is 0.0435. The molecule has 0 saturated carbocycles. The topological polar surface area (TPSA) is 52.6 Å². The normalized spacial score (nSPS) is 31.9. The molecule has 2 fully saturated rings. The molecule has 2 heterocycles. The summed E-state index contributed by atoms with van der Waals surface area (Å²) in [6.45, 7) is 1.26. The van der Waals surface area contributed by atoms with Crippen LogP contribution in [0.15, 0.2) is 30.3 Å². The summed E-state index contributed by atoms with van der Waals surface area (Å²) in [5, 5.41) is 12.6. The fourth-order valence-electron chi connectivity index (χ4n) is 3.08. The average molecular weight is 232 g/mol. The van der Waals surface area contributed by atoms with Gasteiger partial charge in [0.1, 0.15) is 0 Å². The van der Waals surface area contributed by atoms with E-state index in [0.717, 1.165) is 6.54 Å². The van der Waals surface area contributed by atoms with Gasteiger partial charge in [0.15, 0.2) is 0 Å². The molecule has 1 aromatic rings. The minimum Gasteiger partial charge on any atom is -0.394 e. The van der Waals surface area contributed by atoms with Gasteiger partial charge in [-0.3, -0.25) is 4.79 Å². The molecule has 0 radical (unpaired) electrons. The largest absolute Gasteiger partial charge is 0.394 e. The summed E-state index contributed by atoms with van der Waals surface area (Å²) < 4.78 is 0. The summed E-state index contributed by atoms with van der Waals surface area (Å²) >= 11 is 0. The molecule has 2 N–H and O–H groups in total. The second kappa shape index (κ2) is 4.13. The van der Waals surface area contributed by atoms with Gasteiger partial charge in [-0.1, -0.05) is 30.3 Å². The summed E-state index contributed by atoms with van der Waals surface area (Å²) in [5.74, 6) is 0.366. The first kappa shape index (κ1) is 10.7. The van der Waals surface area contributed by atoms with Gasteiger partial charge in [-0.05, 0) is 5.56 Å². The van der Waals surface area contributed by atoms with Crippen LogP contribution in [-0.2, 0) is 4.79 Å². The highest BCUT2D eigenvalue weighted by atomic mass is 16.3. The van der Waals surface area contributed by atoms with Crippen LogP contribution in [0.25, 0.3) is 0 Å². The van der Waals surface area contributed by atoms with Gasteiger partial charge in [0.2, 0.25) is 5.91 Å². The number of carbonyl (C=O) groups excluding carboxylic acids is 1. The predicted octanol–water partition coefficient (Wildman–Crippen LogP) is -0.0549. The molecule has 4 nitrogen and oxygen atoms in total. The number of fused-ring (bicyclic) bond motifs is 1. The van der Waals surface area contributed by atoms with Crippen LogP contribution >= 0.6 is 0 Å². The zero-order valence-corrected chi connectivity index (χ0v) is 9.54. The van der Waals surface area contributed by atoms with Crippen molar-refractivity contribution in [1.29, 1.82) is 0 Å². The zero-order valence-electron chi connectivity index (χ0n) is 9.54. The Morgan fingerprint density at radius 3 is 2.82 bits per heavy atom. The van der Waals surface area contributed by atoms with Gasteiger partial charge in [-0.15, -0.1) is 0 Å². The average Bonchev–Trinajstić information content (AvgIpc) is 2.33. The lowest BCUT2D eigenvalue weighted by atomic mass is 9.74. The van der Waals surface area contributed by atoms with Crippen LogP contribution < -0.4 is 5.32 Å². The van der Waals surface area contributed by atoms with E-state index in [9.17, 15) is 9.90 Å². The second-order valence-corrected chi connectivity index (χ2v) is 4.69. The molecule has 2 aliphatic heterocycles. The monoisotopic (exact) mass is 232 g/mol. The summed E-state index contributed by atoms with van der Waals surface area (Å²) in [6, 6.07) is 10.3. The number of rotatable bonds is 2. The Bertz CT molecular complexity index is 415. The van der Waals surface area contributed by atoms with Crippen LogP contribution in [0.2, 0.25) is 0 Å². The Morgan fingerprint density at radius 2 is 2.12 bits per heavy atom. The molecule has 17 heavy (non-hydrogen) atoms. The lowest BCUT2D eigenvalue weighted by Gasteiger charge is -2.57. The fourth-order valence-corrected chi connectivity index (χ4v) is 3.08. The molecular formula is C13H16N2O2. The summed E-state index contributed by atoms with van der Waals surface area (Å²) in [5.41, 5.74) is 1.21. The molecule has 3 atom stereocenters. The number of aliphatic hydroxyl groups excluding tert-OH is 1. The van der Waals surface area contributed by atoms with Crippen LogP contribution in [0.3, 0.4) is 0 Å². The molecule has 2 aliphatic rings. The molecule has 2 saturated heterocycles. The van der Waals surface area contributed by atoms with Crippen molar-refractivity contribution >= 4 is 5.91 Å². The number of hydrogen-bond donors (Lipinski definition) is 2. The molecule has 0 aromatic heterocycles. The molecule has 3 rings (SSSR count). The van der Waals surface area contributed by atoms with Crippen molar-refractivity contribution in [2.24, 2.45) is 0 Å². The Kier molecular flexibility index (Phi) is 2.61. The number of aliphatic hydroxyl groups is 1. The Hall–Kier alpha value is -1.39. The number of piperazine rings is 1. The van der Waals surface area contributed by atoms with E-state index < -0.39 is 0 Å². The molecule has 0 spiro atoms. The predicted molar refractivity (Wildman–Crippen MR) is 63.6 cm³/mol. The van der Waals surface area contributed by atoms with E-state index in [1.54, 1.807) is 0 Å². The third-order valence-electron chi connectivity index (χ3n) is 3.83. The van der Waals surface area contributed by atoms with Crippen LogP contribution in [0, 0.1) is 0 Å². The first-order valence-corrected chi connectivity index (χ1v) is 6.00. The van der Waals surface area contributed by atoms with Crippen molar-refractivity contribution in [2.75, 3.05) is 19.7 Å². The highest BCUT2D eigenvalue weighted by molar-refractivity contribution is 5.81. The second-order valence-electron chi connectivity index (χ2n) is 4.69.